The van der Waals surface area contributed by atoms with E-state index in [9.17, 15) is 30.8 Å². The molecule has 1 aromatic heterocycles. The van der Waals surface area contributed by atoms with Gasteiger partial charge >= 0.3 is 6.18 Å². The summed E-state index contributed by atoms with van der Waals surface area (Å²) in [4.78, 5) is 19.0. The van der Waals surface area contributed by atoms with Crippen molar-refractivity contribution in [2.45, 2.75) is 57.4 Å². The van der Waals surface area contributed by atoms with Gasteiger partial charge in [-0.25, -0.2) is 22.8 Å². The van der Waals surface area contributed by atoms with Gasteiger partial charge in [0.15, 0.2) is 15.5 Å². The number of nitrogens with one attached hydrogen (secondary N) is 2. The number of benzene rings is 1. The van der Waals surface area contributed by atoms with Gasteiger partial charge in [-0.1, -0.05) is 20.3 Å². The van der Waals surface area contributed by atoms with Gasteiger partial charge in [-0.05, 0) is 49.9 Å². The molecule has 0 spiro atoms. The molecule has 0 radical (unpaired) electrons. The fraction of sp³-hybridized carbons (Fsp3) is 0.455. The van der Waals surface area contributed by atoms with Crippen LogP contribution >= 0.6 is 0 Å². The van der Waals surface area contributed by atoms with E-state index in [1.807, 2.05) is 6.92 Å². The van der Waals surface area contributed by atoms with Crippen LogP contribution in [0.3, 0.4) is 0 Å². The minimum absolute atomic E-state index is 0.0256. The van der Waals surface area contributed by atoms with Crippen LogP contribution in [0, 0.1) is 11.2 Å². The predicted octanol–water partition coefficient (Wildman–Crippen LogP) is 5.00. The van der Waals surface area contributed by atoms with Crippen LogP contribution in [-0.2, 0) is 16.0 Å². The summed E-state index contributed by atoms with van der Waals surface area (Å²) in [6.45, 7) is 6.25. The quantitative estimate of drug-likeness (QED) is 0.370. The third kappa shape index (κ3) is 6.16. The Morgan fingerprint density at radius 3 is 2.35 bits per heavy atom. The highest BCUT2D eigenvalue weighted by Gasteiger charge is 2.39. The van der Waals surface area contributed by atoms with Gasteiger partial charge in [0, 0.05) is 11.4 Å². The molecule has 0 bridgehead atoms. The van der Waals surface area contributed by atoms with E-state index < -0.39 is 49.8 Å². The SMILES string of the molecule is CCCC(=N)C(C)(C)S(=O)(=O)CC(C)c1cc(NC(=O)c2cnc(C(F)(F)F)cn2)ccc1F. The van der Waals surface area contributed by atoms with Gasteiger partial charge in [-0.15, -0.1) is 0 Å². The number of sulfone groups is 1. The maximum Gasteiger partial charge on any atom is 0.434 e. The van der Waals surface area contributed by atoms with Crippen LogP contribution < -0.4 is 5.32 Å². The highest BCUT2D eigenvalue weighted by Crippen LogP contribution is 2.30. The molecule has 1 aromatic carbocycles. The molecule has 1 atom stereocenters. The minimum Gasteiger partial charge on any atom is -0.321 e. The van der Waals surface area contributed by atoms with Gasteiger partial charge in [0.2, 0.25) is 0 Å². The molecule has 0 fully saturated rings. The van der Waals surface area contributed by atoms with E-state index in [1.54, 1.807) is 0 Å². The number of carbonyl (C=O) groups excluding carboxylic acids is 1. The molecule has 186 valence electrons. The summed E-state index contributed by atoms with van der Waals surface area (Å²) in [5.74, 6) is -2.78. The van der Waals surface area contributed by atoms with Crippen molar-refractivity contribution >= 4 is 27.1 Å². The summed E-state index contributed by atoms with van der Waals surface area (Å²) in [6, 6.07) is 3.54. The van der Waals surface area contributed by atoms with E-state index in [4.69, 9.17) is 5.41 Å². The Morgan fingerprint density at radius 2 is 1.82 bits per heavy atom. The Kier molecular flexibility index (Phi) is 8.18. The fourth-order valence-electron chi connectivity index (χ4n) is 3.15. The van der Waals surface area contributed by atoms with Crippen LogP contribution in [0.5, 0.6) is 0 Å². The number of anilines is 1. The molecule has 0 saturated heterocycles. The smallest absolute Gasteiger partial charge is 0.321 e. The molecule has 1 amide bonds. The van der Waals surface area contributed by atoms with Crippen molar-refractivity contribution in [1.82, 2.24) is 9.97 Å². The number of hydrogen-bond donors (Lipinski definition) is 2. The van der Waals surface area contributed by atoms with Crippen molar-refractivity contribution in [2.24, 2.45) is 0 Å². The van der Waals surface area contributed by atoms with Crippen molar-refractivity contribution in [1.29, 1.82) is 5.41 Å². The maximum absolute atomic E-state index is 14.5. The molecule has 34 heavy (non-hydrogen) atoms. The van der Waals surface area contributed by atoms with Crippen molar-refractivity contribution in [3.05, 3.63) is 53.4 Å². The van der Waals surface area contributed by atoms with Gasteiger partial charge in [0.1, 0.15) is 16.3 Å². The lowest BCUT2D eigenvalue weighted by Crippen LogP contribution is -2.42. The zero-order valence-corrected chi connectivity index (χ0v) is 19.9. The minimum atomic E-state index is -4.70. The van der Waals surface area contributed by atoms with E-state index in [1.165, 1.54) is 32.9 Å². The van der Waals surface area contributed by atoms with Gasteiger partial charge in [0.05, 0.1) is 18.1 Å². The molecule has 12 heteroatoms. The largest absolute Gasteiger partial charge is 0.434 e. The highest BCUT2D eigenvalue weighted by atomic mass is 32.2. The third-order valence-corrected chi connectivity index (χ3v) is 8.17. The molecule has 0 saturated carbocycles. The number of aromatic nitrogens is 2. The topological polar surface area (TPSA) is 113 Å². The molecule has 1 heterocycles. The highest BCUT2D eigenvalue weighted by molar-refractivity contribution is 7.93. The third-order valence-electron chi connectivity index (χ3n) is 5.43. The lowest BCUT2D eigenvalue weighted by Gasteiger charge is -2.27. The summed E-state index contributed by atoms with van der Waals surface area (Å²) in [7, 11) is -3.83. The number of amides is 1. The molecule has 0 aliphatic carbocycles. The molecule has 7 nitrogen and oxygen atoms in total. The molecule has 1 unspecified atom stereocenters. The first-order chi connectivity index (χ1) is 15.6. The first kappa shape index (κ1) is 27.4. The molecular formula is C22H26F4N4O3S. The van der Waals surface area contributed by atoms with E-state index in [0.29, 0.717) is 25.2 Å². The van der Waals surface area contributed by atoms with Crippen LogP contribution in [-0.4, -0.2) is 40.5 Å². The normalized spacial score (nSPS) is 13.4. The first-order valence-corrected chi connectivity index (χ1v) is 12.1. The van der Waals surface area contributed by atoms with Gasteiger partial charge in [-0.2, -0.15) is 13.2 Å². The van der Waals surface area contributed by atoms with E-state index >= 15 is 0 Å². The number of alkyl halides is 3. The average molecular weight is 503 g/mol. The molecule has 0 aliphatic rings. The first-order valence-electron chi connectivity index (χ1n) is 10.4. The second-order valence-electron chi connectivity index (χ2n) is 8.40. The Hall–Kier alpha value is -2.89. The second-order valence-corrected chi connectivity index (χ2v) is 11.0. The van der Waals surface area contributed by atoms with E-state index in [-0.39, 0.29) is 22.7 Å². The molecule has 0 aliphatic heterocycles. The van der Waals surface area contributed by atoms with E-state index in [2.05, 4.69) is 15.3 Å². The average Bonchev–Trinajstić information content (AvgIpc) is 2.74. The Morgan fingerprint density at radius 1 is 1.18 bits per heavy atom. The summed E-state index contributed by atoms with van der Waals surface area (Å²) >= 11 is 0. The summed E-state index contributed by atoms with van der Waals surface area (Å²) < 4.78 is 76.9. The van der Waals surface area contributed by atoms with Crippen molar-refractivity contribution in [2.75, 3.05) is 11.1 Å². The number of carbonyl (C=O) groups is 1. The van der Waals surface area contributed by atoms with Crippen molar-refractivity contribution < 1.29 is 30.8 Å². The summed E-state index contributed by atoms with van der Waals surface area (Å²) in [5, 5.41) is 10.5. The molecule has 2 rings (SSSR count). The zero-order chi connectivity index (χ0) is 25.9. The van der Waals surface area contributed by atoms with Crippen molar-refractivity contribution in [3.63, 3.8) is 0 Å². The number of nitrogens with zero attached hydrogens (tertiary/aromatic N) is 2. The molecule has 2 aromatic rings. The van der Waals surface area contributed by atoms with Crippen LogP contribution in [0.15, 0.2) is 30.6 Å². The molecular weight excluding hydrogens is 476 g/mol. The summed E-state index contributed by atoms with van der Waals surface area (Å²) in [6.07, 6.45) is -2.66. The van der Waals surface area contributed by atoms with Gasteiger partial charge < -0.3 is 10.7 Å². The summed E-state index contributed by atoms with van der Waals surface area (Å²) in [5.41, 5.74) is -1.44. The van der Waals surface area contributed by atoms with Crippen LogP contribution in [0.25, 0.3) is 0 Å². The lowest BCUT2D eigenvalue weighted by atomic mass is 10.0. The second kappa shape index (κ2) is 10.2. The Bertz CT molecular complexity index is 1160. The Balaban J connectivity index is 2.22. The monoisotopic (exact) mass is 502 g/mol. The van der Waals surface area contributed by atoms with Gasteiger partial charge in [-0.3, -0.25) is 4.79 Å². The molecule has 2 N–H and O–H groups in total. The Labute approximate surface area is 195 Å². The van der Waals surface area contributed by atoms with Crippen LogP contribution in [0.4, 0.5) is 23.2 Å². The van der Waals surface area contributed by atoms with Gasteiger partial charge in [0.25, 0.3) is 5.91 Å². The predicted molar refractivity (Wildman–Crippen MR) is 120 cm³/mol. The lowest BCUT2D eigenvalue weighted by molar-refractivity contribution is -0.141. The number of halogens is 4. The zero-order valence-electron chi connectivity index (χ0n) is 19.1. The number of rotatable bonds is 9. The maximum atomic E-state index is 14.5. The van der Waals surface area contributed by atoms with Crippen LogP contribution in [0.1, 0.15) is 68.2 Å². The van der Waals surface area contributed by atoms with E-state index in [0.717, 1.165) is 6.07 Å². The number of hydrogen-bond acceptors (Lipinski definition) is 6. The standard InChI is InChI=1S/C22H26F4N4O3S/c1-5-6-18(27)21(3,4)34(32,33)12-13(2)15-9-14(7-8-16(15)23)30-20(31)17-10-29-19(11-28-17)22(24,25)26/h7-11,13,27H,5-6,12H2,1-4H3,(H,30,31). The van der Waals surface area contributed by atoms with Crippen molar-refractivity contribution in [3.8, 4) is 0 Å². The fourth-order valence-corrected chi connectivity index (χ4v) is 4.88. The van der Waals surface area contributed by atoms with Crippen LogP contribution in [0.2, 0.25) is 0 Å².